The number of nitrogens with zero attached hydrogens (tertiary/aromatic N) is 1. The van der Waals surface area contributed by atoms with E-state index >= 15 is 0 Å². The topological polar surface area (TPSA) is 58.9 Å². The molecule has 1 aromatic heterocycles. The second-order valence-corrected chi connectivity index (χ2v) is 13.7. The normalized spacial score (nSPS) is 12.8. The molecular formula is C49H32N2O2. The number of hydrogen-bond donors (Lipinski definition) is 1. The van der Waals surface area contributed by atoms with Gasteiger partial charge in [-0.1, -0.05) is 176 Å². The van der Waals surface area contributed by atoms with Crippen LogP contribution in [0.4, 0.5) is 5.69 Å². The Kier molecular flexibility index (Phi) is 6.99. The molecule has 10 rings (SSSR count). The number of hydrogen-bond acceptors (Lipinski definition) is 2. The second kappa shape index (κ2) is 12.0. The van der Waals surface area contributed by atoms with Gasteiger partial charge in [-0.2, -0.15) is 0 Å². The smallest absolute Gasteiger partial charge is 0.293 e. The SMILES string of the molecule is O=[N+]([O-])c1cccc2c1[nH]c1c(-c3cccc(C4(c5ccccc5)c5ccccc5-c5ccccc54)c3)cccc1c1ccccc1c1ccccc21. The van der Waals surface area contributed by atoms with Gasteiger partial charge in [0.1, 0.15) is 5.52 Å². The average Bonchev–Trinajstić information content (AvgIpc) is 3.54. The Labute approximate surface area is 306 Å². The summed E-state index contributed by atoms with van der Waals surface area (Å²) in [5, 5.41) is 18.5. The van der Waals surface area contributed by atoms with Crippen molar-refractivity contribution >= 4 is 49.0 Å². The lowest BCUT2D eigenvalue weighted by Crippen LogP contribution is -2.28. The Hall–Kier alpha value is -7.04. The summed E-state index contributed by atoms with van der Waals surface area (Å²) in [6, 6.07) is 65.4. The lowest BCUT2D eigenvalue weighted by Gasteiger charge is -2.34. The molecule has 4 nitrogen and oxygen atoms in total. The molecule has 0 fully saturated rings. The highest BCUT2D eigenvalue weighted by Gasteiger charge is 2.45. The Bertz CT molecular complexity index is 2950. The van der Waals surface area contributed by atoms with Gasteiger partial charge in [-0.05, 0) is 66.6 Å². The molecule has 0 spiro atoms. The van der Waals surface area contributed by atoms with Crippen molar-refractivity contribution in [2.24, 2.45) is 0 Å². The standard InChI is InChI=1S/C49H32N2O2/c52-51(53)46-30-14-27-43-39-22-7-5-20-37(39)36-19-4-6-21-38(36)42-26-13-25-35(47(42)50-48(43)46)32-15-12-18-34(31-32)49(33-16-2-1-3-17-33)44-28-10-8-23-40(44)41-24-9-11-29-45(41)49/h1-31,50H. The van der Waals surface area contributed by atoms with Crippen LogP contribution in [0.15, 0.2) is 188 Å². The minimum Gasteiger partial charge on any atom is -0.348 e. The van der Waals surface area contributed by atoms with Gasteiger partial charge >= 0.3 is 0 Å². The van der Waals surface area contributed by atoms with E-state index in [0.29, 0.717) is 5.52 Å². The maximum absolute atomic E-state index is 12.7. The molecule has 1 heterocycles. The van der Waals surface area contributed by atoms with Crippen molar-refractivity contribution < 1.29 is 4.92 Å². The zero-order valence-corrected chi connectivity index (χ0v) is 28.7. The van der Waals surface area contributed by atoms with Gasteiger partial charge < -0.3 is 4.98 Å². The molecule has 0 saturated carbocycles. The maximum Gasteiger partial charge on any atom is 0.293 e. The summed E-state index contributed by atoms with van der Waals surface area (Å²) < 4.78 is 0. The first-order valence-electron chi connectivity index (χ1n) is 17.9. The molecule has 1 aliphatic carbocycles. The molecule has 9 aromatic rings. The number of nitro groups is 1. The number of non-ortho nitro benzene ring substituents is 1. The second-order valence-electron chi connectivity index (χ2n) is 13.7. The summed E-state index contributed by atoms with van der Waals surface area (Å²) in [5.74, 6) is 0. The van der Waals surface area contributed by atoms with Gasteiger partial charge in [0, 0.05) is 22.4 Å². The number of H-pyrrole nitrogens is 1. The Morgan fingerprint density at radius 3 is 1.49 bits per heavy atom. The molecule has 0 saturated heterocycles. The number of aromatic amines is 1. The third-order valence-electron chi connectivity index (χ3n) is 11.0. The zero-order chi connectivity index (χ0) is 35.5. The minimum atomic E-state index is -0.557. The van der Waals surface area contributed by atoms with E-state index < -0.39 is 5.41 Å². The molecule has 0 aliphatic heterocycles. The van der Waals surface area contributed by atoms with E-state index in [9.17, 15) is 10.1 Å². The van der Waals surface area contributed by atoms with Crippen molar-refractivity contribution in [1.29, 1.82) is 0 Å². The van der Waals surface area contributed by atoms with Crippen LogP contribution in [0.5, 0.6) is 0 Å². The monoisotopic (exact) mass is 680 g/mol. The molecule has 250 valence electrons. The van der Waals surface area contributed by atoms with Crippen LogP contribution in [0.25, 0.3) is 65.6 Å². The highest BCUT2D eigenvalue weighted by atomic mass is 16.6. The summed E-state index contributed by atoms with van der Waals surface area (Å²) >= 11 is 0. The maximum atomic E-state index is 12.7. The van der Waals surface area contributed by atoms with Crippen molar-refractivity contribution in [3.8, 4) is 22.3 Å². The van der Waals surface area contributed by atoms with Gasteiger partial charge in [-0.15, -0.1) is 0 Å². The highest BCUT2D eigenvalue weighted by Crippen LogP contribution is 2.56. The molecule has 1 N–H and O–H groups in total. The molecule has 0 atom stereocenters. The van der Waals surface area contributed by atoms with Crippen molar-refractivity contribution in [3.63, 3.8) is 0 Å². The van der Waals surface area contributed by atoms with Crippen LogP contribution in [0.2, 0.25) is 0 Å². The predicted octanol–water partition coefficient (Wildman–Crippen LogP) is 12.7. The Morgan fingerprint density at radius 2 is 0.868 bits per heavy atom. The van der Waals surface area contributed by atoms with Gasteiger partial charge in [0.25, 0.3) is 5.69 Å². The van der Waals surface area contributed by atoms with E-state index in [1.54, 1.807) is 12.1 Å². The molecule has 4 heteroatoms. The van der Waals surface area contributed by atoms with Crippen LogP contribution >= 0.6 is 0 Å². The molecule has 0 radical (unpaired) electrons. The van der Waals surface area contributed by atoms with E-state index in [1.165, 1.54) is 27.8 Å². The van der Waals surface area contributed by atoms with Crippen LogP contribution < -0.4 is 0 Å². The third kappa shape index (κ3) is 4.56. The number of benzene rings is 8. The fourth-order valence-electron chi connectivity index (χ4n) is 8.86. The summed E-state index contributed by atoms with van der Waals surface area (Å²) in [5.41, 5.74) is 10.1. The van der Waals surface area contributed by atoms with E-state index in [1.807, 2.05) is 18.2 Å². The molecule has 0 amide bonds. The lowest BCUT2D eigenvalue weighted by atomic mass is 9.67. The van der Waals surface area contributed by atoms with Crippen molar-refractivity contribution in [1.82, 2.24) is 4.98 Å². The van der Waals surface area contributed by atoms with Crippen LogP contribution in [0.3, 0.4) is 0 Å². The van der Waals surface area contributed by atoms with Crippen molar-refractivity contribution in [2.45, 2.75) is 5.41 Å². The molecule has 8 aromatic carbocycles. The Morgan fingerprint density at radius 1 is 0.415 bits per heavy atom. The van der Waals surface area contributed by atoms with E-state index in [-0.39, 0.29) is 10.6 Å². The van der Waals surface area contributed by atoms with Crippen LogP contribution in [-0.2, 0) is 5.41 Å². The lowest BCUT2D eigenvalue weighted by molar-refractivity contribution is -0.383. The van der Waals surface area contributed by atoms with Gasteiger partial charge in [0.2, 0.25) is 0 Å². The summed E-state index contributed by atoms with van der Waals surface area (Å²) in [7, 11) is 0. The van der Waals surface area contributed by atoms with Crippen molar-refractivity contribution in [3.05, 3.63) is 220 Å². The quantitative estimate of drug-likeness (QED) is 0.149. The fraction of sp³-hybridized carbons (Fsp3) is 0.0204. The molecule has 53 heavy (non-hydrogen) atoms. The first-order valence-corrected chi connectivity index (χ1v) is 17.9. The summed E-state index contributed by atoms with van der Waals surface area (Å²) in [4.78, 5) is 16.1. The predicted molar refractivity (Wildman–Crippen MR) is 218 cm³/mol. The number of nitro benzene ring substituents is 1. The molecular weight excluding hydrogens is 649 g/mol. The van der Waals surface area contributed by atoms with E-state index in [2.05, 4.69) is 163 Å². The van der Waals surface area contributed by atoms with Crippen LogP contribution in [0.1, 0.15) is 22.3 Å². The first kappa shape index (κ1) is 30.8. The highest BCUT2D eigenvalue weighted by molar-refractivity contribution is 6.20. The Balaban J connectivity index is 1.35. The van der Waals surface area contributed by atoms with Crippen LogP contribution in [-0.4, -0.2) is 9.91 Å². The number of fused-ring (bicyclic) bond motifs is 10. The minimum absolute atomic E-state index is 0.0277. The van der Waals surface area contributed by atoms with Gasteiger partial charge in [0.15, 0.2) is 0 Å². The number of nitrogens with one attached hydrogen (secondary N) is 1. The first-order chi connectivity index (χ1) is 26.1. The van der Waals surface area contributed by atoms with E-state index in [4.69, 9.17) is 0 Å². The van der Waals surface area contributed by atoms with Gasteiger partial charge in [-0.3, -0.25) is 10.1 Å². The average molecular weight is 681 g/mol. The van der Waals surface area contributed by atoms with Crippen LogP contribution in [0, 0.1) is 10.1 Å². The number of aromatic nitrogens is 1. The fourth-order valence-corrected chi connectivity index (χ4v) is 8.86. The van der Waals surface area contributed by atoms with E-state index in [0.717, 1.165) is 54.5 Å². The summed E-state index contributed by atoms with van der Waals surface area (Å²) in [6.07, 6.45) is 0. The molecule has 0 bridgehead atoms. The van der Waals surface area contributed by atoms with Gasteiger partial charge in [-0.25, -0.2) is 0 Å². The van der Waals surface area contributed by atoms with Crippen molar-refractivity contribution in [2.75, 3.05) is 0 Å². The number of para-hydroxylation sites is 2. The third-order valence-corrected chi connectivity index (χ3v) is 11.0. The number of rotatable bonds is 4. The van der Waals surface area contributed by atoms with Gasteiger partial charge in [0.05, 0.1) is 15.9 Å². The molecule has 0 unspecified atom stereocenters. The summed E-state index contributed by atoms with van der Waals surface area (Å²) in [6.45, 7) is 0. The largest absolute Gasteiger partial charge is 0.348 e. The molecule has 1 aliphatic rings. The zero-order valence-electron chi connectivity index (χ0n) is 28.7.